The molecule has 2 aliphatic heterocycles. The van der Waals surface area contributed by atoms with Gasteiger partial charge in [0.1, 0.15) is 5.82 Å². The van der Waals surface area contributed by atoms with Gasteiger partial charge in [0.2, 0.25) is 0 Å². The van der Waals surface area contributed by atoms with Crippen LogP contribution in [0.4, 0.5) is 10.1 Å². The highest BCUT2D eigenvalue weighted by molar-refractivity contribution is 6.65. The third kappa shape index (κ3) is 1.95. The van der Waals surface area contributed by atoms with Crippen molar-refractivity contribution in [1.29, 1.82) is 0 Å². The van der Waals surface area contributed by atoms with E-state index in [-0.39, 0.29) is 5.91 Å². The zero-order valence-electron chi connectivity index (χ0n) is 13.5. The Labute approximate surface area is 134 Å². The van der Waals surface area contributed by atoms with Gasteiger partial charge in [0.15, 0.2) is 0 Å². The van der Waals surface area contributed by atoms with Gasteiger partial charge in [-0.1, -0.05) is 6.07 Å². The molecule has 0 bridgehead atoms. The number of anilines is 1. The van der Waals surface area contributed by atoms with E-state index in [4.69, 9.17) is 9.31 Å². The quantitative estimate of drug-likeness (QED) is 0.824. The van der Waals surface area contributed by atoms with Crippen molar-refractivity contribution in [2.45, 2.75) is 38.9 Å². The van der Waals surface area contributed by atoms with E-state index < -0.39 is 24.1 Å². The van der Waals surface area contributed by atoms with Gasteiger partial charge in [-0.05, 0) is 56.7 Å². The Morgan fingerprint density at radius 3 is 2.39 bits per heavy atom. The molecular weight excluding hydrogens is 296 g/mol. The van der Waals surface area contributed by atoms with Crippen LogP contribution in [-0.4, -0.2) is 24.2 Å². The Morgan fingerprint density at radius 2 is 1.74 bits per heavy atom. The van der Waals surface area contributed by atoms with Gasteiger partial charge in [-0.15, -0.1) is 0 Å². The van der Waals surface area contributed by atoms with E-state index in [1.54, 1.807) is 0 Å². The van der Waals surface area contributed by atoms with Crippen molar-refractivity contribution in [3.8, 4) is 0 Å². The van der Waals surface area contributed by atoms with Crippen LogP contribution in [0, 0.1) is 5.82 Å². The zero-order valence-corrected chi connectivity index (χ0v) is 13.5. The second-order valence-electron chi connectivity index (χ2n) is 7.12. The Morgan fingerprint density at radius 1 is 1.09 bits per heavy atom. The van der Waals surface area contributed by atoms with Crippen LogP contribution < -0.4 is 10.8 Å². The van der Waals surface area contributed by atoms with Crippen molar-refractivity contribution < 1.29 is 18.5 Å². The van der Waals surface area contributed by atoms with E-state index in [1.807, 2.05) is 39.8 Å². The molecule has 0 radical (unpaired) electrons. The molecule has 2 aliphatic rings. The highest BCUT2D eigenvalue weighted by Crippen LogP contribution is 2.38. The lowest BCUT2D eigenvalue weighted by Crippen LogP contribution is -2.41. The van der Waals surface area contributed by atoms with Gasteiger partial charge in [-0.2, -0.15) is 0 Å². The summed E-state index contributed by atoms with van der Waals surface area (Å²) in [5, 5.41) is 4.13. The molecule has 6 heteroatoms. The molecule has 2 aromatic carbocycles. The molecule has 0 atom stereocenters. The Kier molecular flexibility index (Phi) is 2.76. The maximum absolute atomic E-state index is 14.0. The summed E-state index contributed by atoms with van der Waals surface area (Å²) in [4.78, 5) is 12.0. The standard InChI is InChI=1S/C17H17BFNO3/c1-16(2)17(3,4)23-18(22-16)12-5-6-13-14-10(12)7-9(19)8-11(14)15(21)20-13/h5-8H,1-4H3,(H,20,21). The van der Waals surface area contributed by atoms with Crippen molar-refractivity contribution in [2.24, 2.45) is 0 Å². The van der Waals surface area contributed by atoms with Crippen molar-refractivity contribution >= 4 is 34.9 Å². The summed E-state index contributed by atoms with van der Waals surface area (Å²) >= 11 is 0. The molecule has 0 saturated carbocycles. The molecule has 0 aromatic heterocycles. The predicted octanol–water partition coefficient (Wildman–Crippen LogP) is 2.84. The van der Waals surface area contributed by atoms with Crippen LogP contribution in [-0.2, 0) is 9.31 Å². The molecule has 1 amide bonds. The van der Waals surface area contributed by atoms with Crippen LogP contribution in [0.1, 0.15) is 38.1 Å². The monoisotopic (exact) mass is 313 g/mol. The van der Waals surface area contributed by atoms with E-state index in [1.165, 1.54) is 12.1 Å². The summed E-state index contributed by atoms with van der Waals surface area (Å²) < 4.78 is 26.1. The Bertz CT molecular complexity index is 847. The summed E-state index contributed by atoms with van der Waals surface area (Å²) in [6.45, 7) is 7.88. The SMILES string of the molecule is CC1(C)OB(c2ccc3c4c(cc(F)cc24)C(=O)N3)OC1(C)C. The van der Waals surface area contributed by atoms with Crippen LogP contribution in [0.3, 0.4) is 0 Å². The highest BCUT2D eigenvalue weighted by Gasteiger charge is 2.52. The fraction of sp³-hybridized carbons (Fsp3) is 0.353. The first-order valence-electron chi connectivity index (χ1n) is 7.63. The molecule has 1 N–H and O–H groups in total. The minimum Gasteiger partial charge on any atom is -0.399 e. The Balaban J connectivity index is 1.92. The van der Waals surface area contributed by atoms with Gasteiger partial charge in [0.05, 0.1) is 16.8 Å². The zero-order chi connectivity index (χ0) is 16.6. The number of hydrogen-bond acceptors (Lipinski definition) is 3. The maximum Gasteiger partial charge on any atom is 0.495 e. The average molecular weight is 313 g/mol. The van der Waals surface area contributed by atoms with E-state index in [9.17, 15) is 9.18 Å². The highest BCUT2D eigenvalue weighted by atomic mass is 19.1. The van der Waals surface area contributed by atoms with Gasteiger partial charge in [0.25, 0.3) is 5.91 Å². The van der Waals surface area contributed by atoms with Crippen LogP contribution >= 0.6 is 0 Å². The molecule has 1 saturated heterocycles. The van der Waals surface area contributed by atoms with Crippen molar-refractivity contribution in [2.75, 3.05) is 5.32 Å². The molecular formula is C17H17BFNO3. The van der Waals surface area contributed by atoms with Crippen molar-refractivity contribution in [1.82, 2.24) is 0 Å². The molecule has 4 rings (SSSR count). The molecule has 2 heterocycles. The second kappa shape index (κ2) is 4.33. The number of hydrogen-bond donors (Lipinski definition) is 1. The minimum absolute atomic E-state index is 0.282. The fourth-order valence-corrected chi connectivity index (χ4v) is 3.12. The van der Waals surface area contributed by atoms with Gasteiger partial charge < -0.3 is 14.6 Å². The summed E-state index contributed by atoms with van der Waals surface area (Å²) in [5.41, 5.74) is 0.827. The number of carbonyl (C=O) groups is 1. The second-order valence-corrected chi connectivity index (χ2v) is 7.12. The van der Waals surface area contributed by atoms with E-state index in [0.29, 0.717) is 16.6 Å². The molecule has 23 heavy (non-hydrogen) atoms. The van der Waals surface area contributed by atoms with E-state index in [0.717, 1.165) is 10.8 Å². The number of amides is 1. The number of benzene rings is 2. The predicted molar refractivity (Wildman–Crippen MR) is 87.6 cm³/mol. The number of nitrogens with one attached hydrogen (secondary N) is 1. The summed E-state index contributed by atoms with van der Waals surface area (Å²) in [6, 6.07) is 6.34. The molecule has 118 valence electrons. The van der Waals surface area contributed by atoms with Crippen LogP contribution in [0.2, 0.25) is 0 Å². The Hall–Kier alpha value is -1.92. The van der Waals surface area contributed by atoms with Crippen LogP contribution in [0.25, 0.3) is 10.8 Å². The average Bonchev–Trinajstić information content (AvgIpc) is 2.85. The van der Waals surface area contributed by atoms with Gasteiger partial charge in [-0.25, -0.2) is 4.39 Å². The molecule has 0 spiro atoms. The summed E-state index contributed by atoms with van der Waals surface area (Å²) in [7, 11) is -0.598. The minimum atomic E-state index is -0.598. The third-order valence-electron chi connectivity index (χ3n) is 5.11. The first-order chi connectivity index (χ1) is 10.7. The molecule has 2 aromatic rings. The topological polar surface area (TPSA) is 47.6 Å². The molecule has 4 nitrogen and oxygen atoms in total. The lowest BCUT2D eigenvalue weighted by molar-refractivity contribution is 0.00578. The van der Waals surface area contributed by atoms with Gasteiger partial charge >= 0.3 is 7.12 Å². The normalized spacial score (nSPS) is 21.1. The molecule has 1 fully saturated rings. The first kappa shape index (κ1) is 14.7. The van der Waals surface area contributed by atoms with Crippen molar-refractivity contribution in [3.05, 3.63) is 35.6 Å². The van der Waals surface area contributed by atoms with Crippen molar-refractivity contribution in [3.63, 3.8) is 0 Å². The fourth-order valence-electron chi connectivity index (χ4n) is 3.12. The van der Waals surface area contributed by atoms with Gasteiger partial charge in [-0.3, -0.25) is 4.79 Å². The number of carbonyl (C=O) groups excluding carboxylic acids is 1. The molecule has 0 aliphatic carbocycles. The van der Waals surface area contributed by atoms with Crippen LogP contribution in [0.5, 0.6) is 0 Å². The summed E-state index contributed by atoms with van der Waals surface area (Å²) in [5.74, 6) is -0.727. The third-order valence-corrected chi connectivity index (χ3v) is 5.11. The van der Waals surface area contributed by atoms with Gasteiger partial charge in [0, 0.05) is 11.1 Å². The van der Waals surface area contributed by atoms with Crippen LogP contribution in [0.15, 0.2) is 24.3 Å². The molecule has 0 unspecified atom stereocenters. The maximum atomic E-state index is 14.0. The largest absolute Gasteiger partial charge is 0.495 e. The lowest BCUT2D eigenvalue weighted by atomic mass is 9.75. The smallest absolute Gasteiger partial charge is 0.399 e. The summed E-state index contributed by atoms with van der Waals surface area (Å²) in [6.07, 6.45) is 0. The number of rotatable bonds is 1. The number of halogens is 1. The van der Waals surface area contributed by atoms with E-state index >= 15 is 0 Å². The lowest BCUT2D eigenvalue weighted by Gasteiger charge is -2.32. The van der Waals surface area contributed by atoms with E-state index in [2.05, 4.69) is 5.32 Å². The first-order valence-corrected chi connectivity index (χ1v) is 7.63.